The number of nitrogens with one attached hydrogen (secondary N) is 1. The third kappa shape index (κ3) is 4.41. The van der Waals surface area contributed by atoms with Crippen molar-refractivity contribution in [3.8, 4) is 5.75 Å². The number of piperidine rings is 1. The largest absolute Gasteiger partial charge is 0.496 e. The summed E-state index contributed by atoms with van der Waals surface area (Å²) in [5.74, 6) is 0.417. The lowest BCUT2D eigenvalue weighted by Gasteiger charge is -2.24. The number of anilines is 1. The number of amides is 1. The van der Waals surface area contributed by atoms with Gasteiger partial charge in [0, 0.05) is 18.1 Å². The molecule has 1 atom stereocenters. The first-order valence-corrected chi connectivity index (χ1v) is 10.3. The Morgan fingerprint density at radius 3 is 2.63 bits per heavy atom. The van der Waals surface area contributed by atoms with Gasteiger partial charge in [0.2, 0.25) is 5.89 Å². The monoisotopic (exact) mass is 426 g/mol. The van der Waals surface area contributed by atoms with E-state index in [1.807, 2.05) is 30.3 Å². The minimum absolute atomic E-state index is 0.330. The number of ether oxygens (including phenoxy) is 1. The van der Waals surface area contributed by atoms with Crippen LogP contribution in [0, 0.1) is 0 Å². The van der Waals surface area contributed by atoms with Crippen LogP contribution >= 0.6 is 11.6 Å². The zero-order valence-electron chi connectivity index (χ0n) is 16.7. The SMILES string of the molecule is COc1ccc(Cl)cc1C(=O)N[C@H](c1ccccc1)c1nnc(N2CCCCC2)o1. The Kier molecular flexibility index (Phi) is 6.18. The maximum Gasteiger partial charge on any atom is 0.318 e. The molecular formula is C22H23ClN4O3. The van der Waals surface area contributed by atoms with Crippen LogP contribution in [0.3, 0.4) is 0 Å². The maximum atomic E-state index is 13.1. The van der Waals surface area contributed by atoms with Crippen LogP contribution in [0.15, 0.2) is 52.9 Å². The molecule has 156 valence electrons. The molecule has 7 nitrogen and oxygen atoms in total. The minimum atomic E-state index is -0.603. The minimum Gasteiger partial charge on any atom is -0.496 e. The Bertz CT molecular complexity index is 1000. The topological polar surface area (TPSA) is 80.5 Å². The summed E-state index contributed by atoms with van der Waals surface area (Å²) >= 11 is 6.10. The first-order valence-electron chi connectivity index (χ1n) is 9.93. The van der Waals surface area contributed by atoms with Crippen LogP contribution in [0.25, 0.3) is 0 Å². The van der Waals surface area contributed by atoms with E-state index in [1.54, 1.807) is 18.2 Å². The number of halogens is 1. The molecule has 1 amide bonds. The molecule has 0 saturated carbocycles. The van der Waals surface area contributed by atoms with Crippen LogP contribution in [0.5, 0.6) is 5.75 Å². The Labute approximate surface area is 180 Å². The van der Waals surface area contributed by atoms with Gasteiger partial charge in [0.1, 0.15) is 11.8 Å². The number of benzene rings is 2. The van der Waals surface area contributed by atoms with Crippen molar-refractivity contribution < 1.29 is 13.9 Å². The van der Waals surface area contributed by atoms with E-state index in [0.29, 0.717) is 28.2 Å². The van der Waals surface area contributed by atoms with Gasteiger partial charge in [-0.1, -0.05) is 47.0 Å². The molecule has 0 unspecified atom stereocenters. The van der Waals surface area contributed by atoms with Gasteiger partial charge in [-0.15, -0.1) is 5.10 Å². The Morgan fingerprint density at radius 2 is 1.90 bits per heavy atom. The van der Waals surface area contributed by atoms with Gasteiger partial charge >= 0.3 is 6.01 Å². The van der Waals surface area contributed by atoms with Crippen LogP contribution < -0.4 is 15.0 Å². The van der Waals surface area contributed by atoms with Crippen LogP contribution in [-0.4, -0.2) is 36.3 Å². The number of methoxy groups -OCH3 is 1. The lowest BCUT2D eigenvalue weighted by Crippen LogP contribution is -2.30. The second-order valence-electron chi connectivity index (χ2n) is 7.13. The summed E-state index contributed by atoms with van der Waals surface area (Å²) in [4.78, 5) is 15.2. The third-order valence-electron chi connectivity index (χ3n) is 5.12. The second kappa shape index (κ2) is 9.17. The number of nitrogens with zero attached hydrogens (tertiary/aromatic N) is 3. The zero-order chi connectivity index (χ0) is 20.9. The van der Waals surface area contributed by atoms with Crippen molar-refractivity contribution in [2.75, 3.05) is 25.1 Å². The van der Waals surface area contributed by atoms with E-state index < -0.39 is 6.04 Å². The zero-order valence-corrected chi connectivity index (χ0v) is 17.4. The van der Waals surface area contributed by atoms with Crippen LogP contribution in [-0.2, 0) is 0 Å². The highest BCUT2D eigenvalue weighted by atomic mass is 35.5. The van der Waals surface area contributed by atoms with Gasteiger partial charge < -0.3 is 19.4 Å². The van der Waals surface area contributed by atoms with Gasteiger partial charge in [-0.05, 0) is 43.0 Å². The third-order valence-corrected chi connectivity index (χ3v) is 5.35. The molecular weight excluding hydrogens is 404 g/mol. The average Bonchev–Trinajstić information content (AvgIpc) is 3.28. The summed E-state index contributed by atoms with van der Waals surface area (Å²) in [6.07, 6.45) is 3.41. The molecule has 1 aliphatic rings. The van der Waals surface area contributed by atoms with Crippen LogP contribution in [0.4, 0.5) is 6.01 Å². The van der Waals surface area contributed by atoms with Crippen molar-refractivity contribution in [1.29, 1.82) is 0 Å². The molecule has 4 rings (SSSR count). The predicted octanol–water partition coefficient (Wildman–Crippen LogP) is 4.24. The molecule has 1 aromatic heterocycles. The number of hydrogen-bond donors (Lipinski definition) is 1. The quantitative estimate of drug-likeness (QED) is 0.635. The van der Waals surface area contributed by atoms with E-state index >= 15 is 0 Å². The van der Waals surface area contributed by atoms with Crippen molar-refractivity contribution in [3.63, 3.8) is 0 Å². The number of aromatic nitrogens is 2. The molecule has 1 aliphatic heterocycles. The predicted molar refractivity (Wildman–Crippen MR) is 114 cm³/mol. The number of rotatable bonds is 6. The number of carbonyl (C=O) groups excluding carboxylic acids is 1. The molecule has 8 heteroatoms. The summed E-state index contributed by atoms with van der Waals surface area (Å²) in [6, 6.07) is 14.3. The molecule has 1 saturated heterocycles. The van der Waals surface area contributed by atoms with E-state index in [2.05, 4.69) is 20.4 Å². The van der Waals surface area contributed by atoms with Crippen molar-refractivity contribution >= 4 is 23.5 Å². The van der Waals surface area contributed by atoms with Crippen molar-refractivity contribution in [3.05, 3.63) is 70.6 Å². The molecule has 2 heterocycles. The van der Waals surface area contributed by atoms with Gasteiger partial charge in [-0.25, -0.2) is 0 Å². The lowest BCUT2D eigenvalue weighted by molar-refractivity contribution is 0.0935. The first kappa shape index (κ1) is 20.2. The highest BCUT2D eigenvalue weighted by Crippen LogP contribution is 2.28. The standard InChI is InChI=1S/C22H23ClN4O3/c1-29-18-11-10-16(23)14-17(18)20(28)24-19(15-8-4-2-5-9-15)21-25-26-22(30-21)27-12-6-3-7-13-27/h2,4-5,8-11,14,19H,3,6-7,12-13H2,1H3,(H,24,28)/t19-/m1/s1. The van der Waals surface area contributed by atoms with E-state index in [9.17, 15) is 4.79 Å². The molecule has 0 bridgehead atoms. The highest BCUT2D eigenvalue weighted by molar-refractivity contribution is 6.31. The molecule has 0 aliphatic carbocycles. The van der Waals surface area contributed by atoms with Gasteiger partial charge in [0.15, 0.2) is 0 Å². The Balaban J connectivity index is 1.64. The molecule has 3 aromatic rings. The molecule has 2 aromatic carbocycles. The first-order chi connectivity index (χ1) is 14.7. The summed E-state index contributed by atoms with van der Waals surface area (Å²) in [6.45, 7) is 1.79. The van der Waals surface area contributed by atoms with Gasteiger partial charge in [0.25, 0.3) is 5.91 Å². The van der Waals surface area contributed by atoms with Crippen LogP contribution in [0.2, 0.25) is 5.02 Å². The van der Waals surface area contributed by atoms with Gasteiger partial charge in [-0.2, -0.15) is 0 Å². The van der Waals surface area contributed by atoms with E-state index in [1.165, 1.54) is 13.5 Å². The van der Waals surface area contributed by atoms with E-state index in [0.717, 1.165) is 31.5 Å². The maximum absolute atomic E-state index is 13.1. The fourth-order valence-corrected chi connectivity index (χ4v) is 3.73. The summed E-state index contributed by atoms with van der Waals surface area (Å²) in [5.41, 5.74) is 1.17. The van der Waals surface area contributed by atoms with Crippen molar-refractivity contribution in [1.82, 2.24) is 15.5 Å². The van der Waals surface area contributed by atoms with E-state index in [4.69, 9.17) is 20.8 Å². The van der Waals surface area contributed by atoms with E-state index in [-0.39, 0.29) is 5.91 Å². The van der Waals surface area contributed by atoms with Crippen molar-refractivity contribution in [2.45, 2.75) is 25.3 Å². The fourth-order valence-electron chi connectivity index (χ4n) is 3.56. The molecule has 30 heavy (non-hydrogen) atoms. The Hall–Kier alpha value is -3.06. The fraction of sp³-hybridized carbons (Fsp3) is 0.318. The van der Waals surface area contributed by atoms with Gasteiger partial charge in [-0.3, -0.25) is 4.79 Å². The van der Waals surface area contributed by atoms with Crippen molar-refractivity contribution in [2.24, 2.45) is 0 Å². The lowest BCUT2D eigenvalue weighted by atomic mass is 10.1. The normalized spacial score (nSPS) is 14.9. The summed E-state index contributed by atoms with van der Waals surface area (Å²) in [5, 5.41) is 11.9. The molecule has 1 fully saturated rings. The smallest absolute Gasteiger partial charge is 0.318 e. The number of carbonyl (C=O) groups is 1. The Morgan fingerprint density at radius 1 is 1.13 bits per heavy atom. The van der Waals surface area contributed by atoms with Gasteiger partial charge in [0.05, 0.1) is 12.7 Å². The highest BCUT2D eigenvalue weighted by Gasteiger charge is 2.26. The van der Waals surface area contributed by atoms with Crippen LogP contribution in [0.1, 0.15) is 47.1 Å². The molecule has 1 N–H and O–H groups in total. The second-order valence-corrected chi connectivity index (χ2v) is 7.57. The molecule has 0 radical (unpaired) electrons. The summed E-state index contributed by atoms with van der Waals surface area (Å²) < 4.78 is 11.3. The average molecular weight is 427 g/mol. The summed E-state index contributed by atoms with van der Waals surface area (Å²) in [7, 11) is 1.51. The number of hydrogen-bond acceptors (Lipinski definition) is 6. The molecule has 0 spiro atoms.